The molecule has 0 amide bonds. The number of halogens is 4. The molecule has 0 atom stereocenters. The third kappa shape index (κ3) is 4.18. The standard InChI is InChI=1S/C18H13ClF3NO5S/c1-8-10(5-15(24)25)11-4-14(27-2)12(19)6-13(11)23(8)17(26)9-3-16(29-7-9)28-18(20,21)22/h3-4,6-7H,5H2,1-2H3,(H,24,25). The van der Waals surface area contributed by atoms with Crippen molar-refractivity contribution in [1.29, 1.82) is 0 Å². The number of ether oxygens (including phenoxy) is 2. The number of methoxy groups -OCH3 is 1. The molecule has 0 aliphatic rings. The third-order valence-electron chi connectivity index (χ3n) is 4.18. The lowest BCUT2D eigenvalue weighted by Gasteiger charge is -2.08. The van der Waals surface area contributed by atoms with Crippen LogP contribution in [0.15, 0.2) is 23.6 Å². The van der Waals surface area contributed by atoms with Gasteiger partial charge in [0.1, 0.15) is 5.75 Å². The first-order chi connectivity index (χ1) is 13.5. The highest BCUT2D eigenvalue weighted by molar-refractivity contribution is 7.12. The van der Waals surface area contributed by atoms with Crippen molar-refractivity contribution in [3.05, 3.63) is 45.4 Å². The van der Waals surface area contributed by atoms with Gasteiger partial charge in [-0.3, -0.25) is 14.2 Å². The summed E-state index contributed by atoms with van der Waals surface area (Å²) in [5.41, 5.74) is 0.987. The Morgan fingerprint density at radius 1 is 1.28 bits per heavy atom. The van der Waals surface area contributed by atoms with Crippen molar-refractivity contribution in [2.45, 2.75) is 19.7 Å². The number of rotatable bonds is 5. The van der Waals surface area contributed by atoms with E-state index in [1.54, 1.807) is 6.92 Å². The summed E-state index contributed by atoms with van der Waals surface area (Å²) in [5.74, 6) is -1.45. The Morgan fingerprint density at radius 3 is 2.55 bits per heavy atom. The molecular formula is C18H13ClF3NO5S. The molecule has 2 aromatic heterocycles. The number of fused-ring (bicyclic) bond motifs is 1. The van der Waals surface area contributed by atoms with Crippen LogP contribution in [-0.2, 0) is 11.2 Å². The molecule has 0 fully saturated rings. The lowest BCUT2D eigenvalue weighted by molar-refractivity contribution is -0.273. The number of hydrogen-bond acceptors (Lipinski definition) is 5. The summed E-state index contributed by atoms with van der Waals surface area (Å²) >= 11 is 6.78. The van der Waals surface area contributed by atoms with Gasteiger partial charge in [-0.1, -0.05) is 11.6 Å². The minimum Gasteiger partial charge on any atom is -0.495 e. The van der Waals surface area contributed by atoms with E-state index in [4.69, 9.17) is 16.3 Å². The number of carboxylic acids is 1. The highest BCUT2D eigenvalue weighted by Crippen LogP contribution is 2.36. The molecule has 0 aliphatic heterocycles. The predicted octanol–water partition coefficient (Wildman–Crippen LogP) is 4.89. The number of aromatic nitrogens is 1. The fourth-order valence-electron chi connectivity index (χ4n) is 3.00. The van der Waals surface area contributed by atoms with Crippen LogP contribution in [-0.4, -0.2) is 35.0 Å². The summed E-state index contributed by atoms with van der Waals surface area (Å²) in [5, 5.41) is 10.6. The fourth-order valence-corrected chi connectivity index (χ4v) is 3.98. The second-order valence-electron chi connectivity index (χ2n) is 5.98. The van der Waals surface area contributed by atoms with Gasteiger partial charge in [0.2, 0.25) is 0 Å². The van der Waals surface area contributed by atoms with Crippen LogP contribution in [0.5, 0.6) is 10.8 Å². The molecule has 2 heterocycles. The first-order valence-corrected chi connectivity index (χ1v) is 9.25. The summed E-state index contributed by atoms with van der Waals surface area (Å²) in [6.07, 6.45) is -5.24. The van der Waals surface area contributed by atoms with Crippen LogP contribution in [0.1, 0.15) is 21.6 Å². The number of carboxylic acid groups (broad SMARTS) is 1. The molecular weight excluding hydrogens is 435 g/mol. The van der Waals surface area contributed by atoms with Crippen molar-refractivity contribution in [2.75, 3.05) is 7.11 Å². The maximum Gasteiger partial charge on any atom is 0.573 e. The lowest BCUT2D eigenvalue weighted by Crippen LogP contribution is -2.16. The normalized spacial score (nSPS) is 11.7. The number of hydrogen-bond donors (Lipinski definition) is 1. The van der Waals surface area contributed by atoms with Crippen LogP contribution < -0.4 is 9.47 Å². The average Bonchev–Trinajstić information content (AvgIpc) is 3.15. The first-order valence-electron chi connectivity index (χ1n) is 8.00. The van der Waals surface area contributed by atoms with Crippen molar-refractivity contribution in [1.82, 2.24) is 4.57 Å². The van der Waals surface area contributed by atoms with E-state index < -0.39 is 23.3 Å². The van der Waals surface area contributed by atoms with Crippen LogP contribution in [0.25, 0.3) is 10.9 Å². The lowest BCUT2D eigenvalue weighted by atomic mass is 10.1. The zero-order valence-electron chi connectivity index (χ0n) is 15.0. The summed E-state index contributed by atoms with van der Waals surface area (Å²) < 4.78 is 47.4. The van der Waals surface area contributed by atoms with E-state index in [2.05, 4.69) is 4.74 Å². The SMILES string of the molecule is COc1cc2c(CC(=O)O)c(C)n(C(=O)c3csc(OC(F)(F)F)c3)c2cc1Cl. The molecule has 0 saturated carbocycles. The molecule has 1 aromatic carbocycles. The number of carbonyl (C=O) groups excluding carboxylic acids is 1. The van der Waals surface area contributed by atoms with Gasteiger partial charge in [-0.15, -0.1) is 24.5 Å². The van der Waals surface area contributed by atoms with Crippen LogP contribution in [0.2, 0.25) is 5.02 Å². The molecule has 154 valence electrons. The maximum absolute atomic E-state index is 13.0. The maximum atomic E-state index is 13.0. The largest absolute Gasteiger partial charge is 0.573 e. The van der Waals surface area contributed by atoms with Crippen molar-refractivity contribution < 1.29 is 37.3 Å². The number of alkyl halides is 3. The van der Waals surface area contributed by atoms with Gasteiger partial charge in [0.15, 0.2) is 5.06 Å². The predicted molar refractivity (Wildman–Crippen MR) is 100 cm³/mol. The zero-order valence-corrected chi connectivity index (χ0v) is 16.5. The van der Waals surface area contributed by atoms with Crippen molar-refractivity contribution in [3.8, 4) is 10.8 Å². The topological polar surface area (TPSA) is 77.8 Å². The summed E-state index contributed by atoms with van der Waals surface area (Å²) in [6.45, 7) is 1.55. The second kappa shape index (κ2) is 7.60. The van der Waals surface area contributed by atoms with E-state index >= 15 is 0 Å². The molecule has 0 bridgehead atoms. The average molecular weight is 448 g/mol. The molecule has 0 unspecified atom stereocenters. The molecule has 0 spiro atoms. The van der Waals surface area contributed by atoms with E-state index in [0.29, 0.717) is 39.2 Å². The number of thiophene rings is 1. The molecule has 0 aliphatic carbocycles. The van der Waals surface area contributed by atoms with E-state index in [1.165, 1.54) is 29.2 Å². The number of nitrogens with zero attached hydrogens (tertiary/aromatic N) is 1. The molecule has 1 N–H and O–H groups in total. The minimum absolute atomic E-state index is 0.0388. The van der Waals surface area contributed by atoms with Crippen LogP contribution in [0, 0.1) is 6.92 Å². The fraction of sp³-hybridized carbons (Fsp3) is 0.222. The monoisotopic (exact) mass is 447 g/mol. The van der Waals surface area contributed by atoms with Crippen molar-refractivity contribution in [2.24, 2.45) is 0 Å². The number of benzene rings is 1. The molecule has 3 rings (SSSR count). The Balaban J connectivity index is 2.15. The van der Waals surface area contributed by atoms with Gasteiger partial charge in [-0.25, -0.2) is 0 Å². The van der Waals surface area contributed by atoms with Crippen LogP contribution in [0.3, 0.4) is 0 Å². The summed E-state index contributed by atoms with van der Waals surface area (Å²) in [7, 11) is 1.40. The number of aliphatic carboxylic acids is 1. The Hall–Kier alpha value is -2.72. The van der Waals surface area contributed by atoms with E-state index in [0.717, 1.165) is 6.07 Å². The van der Waals surface area contributed by atoms with Gasteiger partial charge in [-0.2, -0.15) is 0 Å². The molecule has 0 saturated heterocycles. The van der Waals surface area contributed by atoms with Crippen LogP contribution in [0.4, 0.5) is 13.2 Å². The minimum atomic E-state index is -4.88. The van der Waals surface area contributed by atoms with Gasteiger partial charge in [0.05, 0.1) is 29.6 Å². The molecule has 11 heteroatoms. The third-order valence-corrected chi connectivity index (χ3v) is 5.28. The highest BCUT2D eigenvalue weighted by atomic mass is 35.5. The van der Waals surface area contributed by atoms with E-state index in [1.807, 2.05) is 0 Å². The van der Waals surface area contributed by atoms with Gasteiger partial charge < -0.3 is 14.6 Å². The Bertz CT molecular complexity index is 1120. The van der Waals surface area contributed by atoms with Gasteiger partial charge in [0.25, 0.3) is 5.91 Å². The molecule has 3 aromatic rings. The molecule has 0 radical (unpaired) electrons. The number of carbonyl (C=O) groups is 2. The first kappa shape index (κ1) is 21.0. The summed E-state index contributed by atoms with van der Waals surface area (Å²) in [6, 6.07) is 3.96. The van der Waals surface area contributed by atoms with Crippen molar-refractivity contribution >= 4 is 45.7 Å². The van der Waals surface area contributed by atoms with Gasteiger partial charge in [-0.05, 0) is 24.6 Å². The second-order valence-corrected chi connectivity index (χ2v) is 7.26. The quantitative estimate of drug-likeness (QED) is 0.602. The summed E-state index contributed by atoms with van der Waals surface area (Å²) in [4.78, 5) is 24.3. The van der Waals surface area contributed by atoms with E-state index in [9.17, 15) is 27.9 Å². The Labute approximate surface area is 171 Å². The zero-order chi connectivity index (χ0) is 21.5. The highest BCUT2D eigenvalue weighted by Gasteiger charge is 2.32. The Morgan fingerprint density at radius 2 is 1.97 bits per heavy atom. The molecule has 6 nitrogen and oxygen atoms in total. The molecule has 29 heavy (non-hydrogen) atoms. The van der Waals surface area contributed by atoms with Crippen molar-refractivity contribution in [3.63, 3.8) is 0 Å². The Kier molecular flexibility index (Phi) is 5.50. The van der Waals surface area contributed by atoms with E-state index in [-0.39, 0.29) is 17.0 Å². The van der Waals surface area contributed by atoms with Crippen LogP contribution >= 0.6 is 22.9 Å². The van der Waals surface area contributed by atoms with Gasteiger partial charge in [0, 0.05) is 22.5 Å². The van der Waals surface area contributed by atoms with Gasteiger partial charge >= 0.3 is 12.3 Å². The smallest absolute Gasteiger partial charge is 0.495 e.